The molecule has 0 heterocycles. The molecule has 3 unspecified atom stereocenters. The monoisotopic (exact) mass is 274 g/mol. The van der Waals surface area contributed by atoms with Crippen molar-refractivity contribution in [2.75, 3.05) is 0 Å². The van der Waals surface area contributed by atoms with Crippen molar-refractivity contribution >= 4 is 0 Å². The first-order valence-electron chi connectivity index (χ1n) is 8.02. The molecule has 0 amide bonds. The summed E-state index contributed by atoms with van der Waals surface area (Å²) in [6, 6.07) is 0. The molecule has 0 aliphatic heterocycles. The van der Waals surface area contributed by atoms with Gasteiger partial charge in [0.1, 0.15) is 6.17 Å². The van der Waals surface area contributed by atoms with Gasteiger partial charge in [0.15, 0.2) is 0 Å². The van der Waals surface area contributed by atoms with E-state index in [0.29, 0.717) is 18.8 Å². The average molecular weight is 274 g/mol. The second-order valence-electron chi connectivity index (χ2n) is 7.27. The van der Waals surface area contributed by atoms with Gasteiger partial charge >= 0.3 is 0 Å². The van der Waals surface area contributed by atoms with E-state index in [1.165, 1.54) is 0 Å². The van der Waals surface area contributed by atoms with Crippen LogP contribution in [0.1, 0.15) is 58.3 Å². The summed E-state index contributed by atoms with van der Waals surface area (Å²) in [7, 11) is 0. The lowest BCUT2D eigenvalue weighted by atomic mass is 9.74. The van der Waals surface area contributed by atoms with Crippen LogP contribution in [0, 0.1) is 29.6 Å². The first kappa shape index (κ1) is 13.8. The lowest BCUT2D eigenvalue weighted by Gasteiger charge is -2.36. The lowest BCUT2D eigenvalue weighted by Crippen LogP contribution is -2.41. The van der Waals surface area contributed by atoms with Crippen molar-refractivity contribution in [2.24, 2.45) is 29.6 Å². The van der Waals surface area contributed by atoms with Gasteiger partial charge in [0.25, 0.3) is 5.92 Å². The third kappa shape index (κ3) is 2.31. The normalized spacial score (nSPS) is 49.9. The molecule has 4 atom stereocenters. The molecule has 0 saturated heterocycles. The fraction of sp³-hybridized carbons (Fsp3) is 1.00. The van der Waals surface area contributed by atoms with Gasteiger partial charge in [-0.1, -0.05) is 26.2 Å². The van der Waals surface area contributed by atoms with Crippen molar-refractivity contribution in [3.05, 3.63) is 0 Å². The van der Waals surface area contributed by atoms with Crippen LogP contribution < -0.4 is 0 Å². The maximum atomic E-state index is 14.6. The predicted octanol–water partition coefficient (Wildman–Crippen LogP) is 5.22. The minimum Gasteiger partial charge on any atom is -0.247 e. The highest BCUT2D eigenvalue weighted by molar-refractivity contribution is 5.04. The molecule has 3 aliphatic carbocycles. The zero-order chi connectivity index (χ0) is 13.6. The van der Waals surface area contributed by atoms with Crippen LogP contribution in [0.25, 0.3) is 0 Å². The van der Waals surface area contributed by atoms with Crippen LogP contribution in [-0.4, -0.2) is 12.1 Å². The van der Waals surface area contributed by atoms with Gasteiger partial charge < -0.3 is 0 Å². The molecule has 3 rings (SSSR count). The predicted molar refractivity (Wildman–Crippen MR) is 69.9 cm³/mol. The van der Waals surface area contributed by atoms with Gasteiger partial charge in [0, 0.05) is 5.92 Å². The molecule has 19 heavy (non-hydrogen) atoms. The van der Waals surface area contributed by atoms with Crippen LogP contribution in [0.3, 0.4) is 0 Å². The molecule has 110 valence electrons. The fourth-order valence-electron chi connectivity index (χ4n) is 4.97. The minimum absolute atomic E-state index is 0.0527. The highest BCUT2D eigenvalue weighted by Gasteiger charge is 2.62. The summed E-state index contributed by atoms with van der Waals surface area (Å²) in [5.74, 6) is -3.48. The van der Waals surface area contributed by atoms with E-state index >= 15 is 0 Å². The van der Waals surface area contributed by atoms with E-state index < -0.39 is 23.9 Å². The standard InChI is InChI=1S/C16H25F3/c1-10-5-7-11(8-6-10)13-9-12-3-2-4-14(17)15(12)16(13,18)19/h10-15H,2-9H2,1H3/t10?,11?,12?,13-,14?,15?/m1/s1. The van der Waals surface area contributed by atoms with Crippen molar-refractivity contribution in [2.45, 2.75) is 70.4 Å². The summed E-state index contributed by atoms with van der Waals surface area (Å²) < 4.78 is 43.2. The molecule has 3 aliphatic rings. The Balaban J connectivity index is 1.76. The fourth-order valence-corrected chi connectivity index (χ4v) is 4.97. The third-order valence-electron chi connectivity index (χ3n) is 6.08. The highest BCUT2D eigenvalue weighted by Crippen LogP contribution is 2.58. The molecule has 3 saturated carbocycles. The lowest BCUT2D eigenvalue weighted by molar-refractivity contribution is -0.128. The van der Waals surface area contributed by atoms with Crippen molar-refractivity contribution in [1.82, 2.24) is 0 Å². The van der Waals surface area contributed by atoms with Gasteiger partial charge in [-0.25, -0.2) is 13.2 Å². The number of fused-ring (bicyclic) bond motifs is 1. The molecule has 3 fully saturated rings. The molecule has 0 aromatic rings. The Kier molecular flexibility index (Phi) is 3.59. The number of rotatable bonds is 1. The second-order valence-corrected chi connectivity index (χ2v) is 7.27. The molecule has 0 aromatic heterocycles. The van der Waals surface area contributed by atoms with Crippen LogP contribution in [0.5, 0.6) is 0 Å². The Morgan fingerprint density at radius 3 is 2.21 bits per heavy atom. The molecule has 0 aromatic carbocycles. The van der Waals surface area contributed by atoms with E-state index in [4.69, 9.17) is 0 Å². The summed E-state index contributed by atoms with van der Waals surface area (Å²) in [5.41, 5.74) is 0. The zero-order valence-corrected chi connectivity index (χ0v) is 11.8. The Morgan fingerprint density at radius 1 is 0.895 bits per heavy atom. The molecule has 0 N–H and O–H groups in total. The Hall–Kier alpha value is -0.210. The molecule has 0 radical (unpaired) electrons. The van der Waals surface area contributed by atoms with Crippen LogP contribution in [0.15, 0.2) is 0 Å². The summed E-state index contributed by atoms with van der Waals surface area (Å²) in [6.07, 6.45) is 5.30. The number of hydrogen-bond acceptors (Lipinski definition) is 0. The molecule has 0 nitrogen and oxygen atoms in total. The van der Waals surface area contributed by atoms with E-state index in [-0.39, 0.29) is 11.8 Å². The molecule has 3 heteroatoms. The van der Waals surface area contributed by atoms with Crippen LogP contribution in [0.4, 0.5) is 13.2 Å². The van der Waals surface area contributed by atoms with E-state index in [2.05, 4.69) is 6.92 Å². The number of alkyl halides is 3. The van der Waals surface area contributed by atoms with Gasteiger partial charge in [-0.3, -0.25) is 0 Å². The van der Waals surface area contributed by atoms with E-state index in [9.17, 15) is 13.2 Å². The summed E-state index contributed by atoms with van der Waals surface area (Å²) in [4.78, 5) is 0. The van der Waals surface area contributed by atoms with Crippen molar-refractivity contribution in [3.8, 4) is 0 Å². The Morgan fingerprint density at radius 2 is 1.58 bits per heavy atom. The van der Waals surface area contributed by atoms with E-state index in [0.717, 1.165) is 38.5 Å². The van der Waals surface area contributed by atoms with Gasteiger partial charge in [0.2, 0.25) is 0 Å². The Labute approximate surface area is 114 Å². The SMILES string of the molecule is CC1CCC([C@H]2CC3CCCC(F)C3C2(F)F)CC1. The van der Waals surface area contributed by atoms with Crippen molar-refractivity contribution in [1.29, 1.82) is 0 Å². The van der Waals surface area contributed by atoms with Crippen LogP contribution in [-0.2, 0) is 0 Å². The molecular formula is C16H25F3. The first-order valence-corrected chi connectivity index (χ1v) is 8.02. The summed E-state index contributed by atoms with van der Waals surface area (Å²) in [6.45, 7) is 2.21. The van der Waals surface area contributed by atoms with Crippen LogP contribution >= 0.6 is 0 Å². The third-order valence-corrected chi connectivity index (χ3v) is 6.08. The number of hydrogen-bond donors (Lipinski definition) is 0. The van der Waals surface area contributed by atoms with E-state index in [1.807, 2.05) is 0 Å². The summed E-state index contributed by atoms with van der Waals surface area (Å²) in [5, 5.41) is 0. The zero-order valence-electron chi connectivity index (χ0n) is 11.8. The van der Waals surface area contributed by atoms with Crippen molar-refractivity contribution < 1.29 is 13.2 Å². The van der Waals surface area contributed by atoms with Crippen molar-refractivity contribution in [3.63, 3.8) is 0 Å². The Bertz CT molecular complexity index is 320. The number of halogens is 3. The largest absolute Gasteiger partial charge is 0.256 e. The molecule has 0 bridgehead atoms. The summed E-state index contributed by atoms with van der Waals surface area (Å²) >= 11 is 0. The minimum atomic E-state index is -2.75. The average Bonchev–Trinajstić information content (AvgIpc) is 2.63. The quantitative estimate of drug-likeness (QED) is 0.614. The van der Waals surface area contributed by atoms with Gasteiger partial charge in [-0.05, 0) is 49.9 Å². The second kappa shape index (κ2) is 4.96. The topological polar surface area (TPSA) is 0 Å². The first-order chi connectivity index (χ1) is 9.00. The van der Waals surface area contributed by atoms with Gasteiger partial charge in [-0.15, -0.1) is 0 Å². The maximum absolute atomic E-state index is 14.6. The maximum Gasteiger partial charge on any atom is 0.256 e. The molecular weight excluding hydrogens is 249 g/mol. The molecule has 0 spiro atoms. The van der Waals surface area contributed by atoms with Crippen LogP contribution in [0.2, 0.25) is 0 Å². The smallest absolute Gasteiger partial charge is 0.247 e. The van der Waals surface area contributed by atoms with E-state index in [1.54, 1.807) is 0 Å². The van der Waals surface area contributed by atoms with Gasteiger partial charge in [-0.2, -0.15) is 0 Å². The van der Waals surface area contributed by atoms with Gasteiger partial charge in [0.05, 0.1) is 5.92 Å². The highest BCUT2D eigenvalue weighted by atomic mass is 19.3.